The smallest absolute Gasteiger partial charge is 0.169 e. The highest BCUT2D eigenvalue weighted by molar-refractivity contribution is 9.10. The Hall–Kier alpha value is -0.790. The minimum absolute atomic E-state index is 0.125. The van der Waals surface area contributed by atoms with Gasteiger partial charge in [0, 0.05) is 13.1 Å². The summed E-state index contributed by atoms with van der Waals surface area (Å²) in [6.45, 7) is 4.84. The third-order valence-corrected chi connectivity index (χ3v) is 3.66. The van der Waals surface area contributed by atoms with Gasteiger partial charge in [-0.3, -0.25) is 4.90 Å². The summed E-state index contributed by atoms with van der Waals surface area (Å²) in [6.07, 6.45) is 1.90. The van der Waals surface area contributed by atoms with Crippen LogP contribution in [0.1, 0.15) is 25.5 Å². The molecule has 4 heteroatoms. The molecule has 0 unspecified atom stereocenters. The van der Waals surface area contributed by atoms with E-state index in [2.05, 4.69) is 26.9 Å². The highest BCUT2D eigenvalue weighted by atomic mass is 79.9. The van der Waals surface area contributed by atoms with Crippen LogP contribution in [0.25, 0.3) is 0 Å². The molecule has 1 aliphatic rings. The van der Waals surface area contributed by atoms with Crippen LogP contribution in [0.15, 0.2) is 21.2 Å². The van der Waals surface area contributed by atoms with Crippen molar-refractivity contribution in [3.63, 3.8) is 0 Å². The summed E-state index contributed by atoms with van der Waals surface area (Å²) >= 11 is 3.30. The highest BCUT2D eigenvalue weighted by Crippen LogP contribution is 2.30. The van der Waals surface area contributed by atoms with Crippen LogP contribution in [0, 0.1) is 16.7 Å². The number of nitriles is 1. The maximum Gasteiger partial charge on any atom is 0.169 e. The summed E-state index contributed by atoms with van der Waals surface area (Å²) in [5.41, 5.74) is -0.125. The van der Waals surface area contributed by atoms with Crippen molar-refractivity contribution in [2.45, 2.75) is 26.3 Å². The number of furan rings is 1. The zero-order valence-electron chi connectivity index (χ0n) is 9.37. The van der Waals surface area contributed by atoms with Gasteiger partial charge >= 0.3 is 0 Å². The van der Waals surface area contributed by atoms with Crippen LogP contribution >= 0.6 is 15.9 Å². The maximum atomic E-state index is 9.04. The maximum absolute atomic E-state index is 9.04. The Kier molecular flexibility index (Phi) is 3.36. The van der Waals surface area contributed by atoms with E-state index >= 15 is 0 Å². The Morgan fingerprint density at radius 3 is 2.69 bits per heavy atom. The number of rotatable bonds is 2. The number of hydrogen-bond acceptors (Lipinski definition) is 3. The SMILES string of the molecule is CC1(C#N)CCN(Cc2ccc(Br)o2)CC1. The molecule has 86 valence electrons. The van der Waals surface area contributed by atoms with E-state index in [1.54, 1.807) is 0 Å². The number of hydrogen-bond donors (Lipinski definition) is 0. The molecule has 0 radical (unpaired) electrons. The fraction of sp³-hybridized carbons (Fsp3) is 0.583. The molecular formula is C12H15BrN2O. The van der Waals surface area contributed by atoms with E-state index in [9.17, 15) is 0 Å². The van der Waals surface area contributed by atoms with Crippen LogP contribution in [-0.2, 0) is 6.54 Å². The van der Waals surface area contributed by atoms with E-state index in [0.717, 1.165) is 42.9 Å². The van der Waals surface area contributed by atoms with E-state index in [0.29, 0.717) is 0 Å². The first-order chi connectivity index (χ1) is 7.61. The molecule has 0 spiro atoms. The standard InChI is InChI=1S/C12H15BrN2O/c1-12(9-14)4-6-15(7-5-12)8-10-2-3-11(13)16-10/h2-3H,4-8H2,1H3. The third kappa shape index (κ3) is 2.66. The van der Waals surface area contributed by atoms with E-state index in [1.807, 2.05) is 19.1 Å². The van der Waals surface area contributed by atoms with Gasteiger partial charge in [-0.25, -0.2) is 0 Å². The van der Waals surface area contributed by atoms with E-state index in [1.165, 1.54) is 0 Å². The Morgan fingerprint density at radius 1 is 1.50 bits per heavy atom. The lowest BCUT2D eigenvalue weighted by Gasteiger charge is -2.34. The topological polar surface area (TPSA) is 40.2 Å². The second-order valence-corrected chi connectivity index (χ2v) is 5.44. The van der Waals surface area contributed by atoms with Gasteiger partial charge in [-0.05, 0) is 47.8 Å². The number of halogens is 1. The Morgan fingerprint density at radius 2 is 2.19 bits per heavy atom. The minimum atomic E-state index is -0.125. The van der Waals surface area contributed by atoms with Gasteiger partial charge in [0.15, 0.2) is 4.67 Å². The van der Waals surface area contributed by atoms with Crippen molar-refractivity contribution in [1.29, 1.82) is 5.26 Å². The second kappa shape index (κ2) is 4.60. The first-order valence-corrected chi connectivity index (χ1v) is 6.28. The number of piperidine rings is 1. The summed E-state index contributed by atoms with van der Waals surface area (Å²) in [4.78, 5) is 2.34. The predicted octanol–water partition coefficient (Wildman–Crippen LogP) is 3.17. The average molecular weight is 283 g/mol. The van der Waals surface area contributed by atoms with Crippen molar-refractivity contribution in [3.8, 4) is 6.07 Å². The fourth-order valence-electron chi connectivity index (χ4n) is 1.97. The zero-order chi connectivity index (χ0) is 11.6. The van der Waals surface area contributed by atoms with Gasteiger partial charge in [-0.1, -0.05) is 0 Å². The van der Waals surface area contributed by atoms with Crippen molar-refractivity contribution in [1.82, 2.24) is 4.90 Å². The summed E-state index contributed by atoms with van der Waals surface area (Å²) < 4.78 is 6.25. The number of likely N-dealkylation sites (tertiary alicyclic amines) is 1. The van der Waals surface area contributed by atoms with Gasteiger partial charge < -0.3 is 4.42 Å². The molecule has 1 aromatic heterocycles. The largest absolute Gasteiger partial charge is 0.453 e. The van der Waals surface area contributed by atoms with Gasteiger partial charge in [0.1, 0.15) is 5.76 Å². The molecule has 16 heavy (non-hydrogen) atoms. The molecule has 1 saturated heterocycles. The van der Waals surface area contributed by atoms with Crippen LogP contribution in [0.4, 0.5) is 0 Å². The van der Waals surface area contributed by atoms with Gasteiger partial charge in [-0.2, -0.15) is 5.26 Å². The number of nitrogens with zero attached hydrogens (tertiary/aromatic N) is 2. The third-order valence-electron chi connectivity index (χ3n) is 3.24. The molecule has 3 nitrogen and oxygen atoms in total. The molecule has 0 saturated carbocycles. The van der Waals surface area contributed by atoms with Crippen molar-refractivity contribution in [2.24, 2.45) is 5.41 Å². The first-order valence-electron chi connectivity index (χ1n) is 5.49. The summed E-state index contributed by atoms with van der Waals surface area (Å²) in [5, 5.41) is 9.04. The quantitative estimate of drug-likeness (QED) is 0.837. The Balaban J connectivity index is 1.89. The first kappa shape index (κ1) is 11.7. The van der Waals surface area contributed by atoms with Gasteiger partial charge in [0.2, 0.25) is 0 Å². The monoisotopic (exact) mass is 282 g/mol. The lowest BCUT2D eigenvalue weighted by Crippen LogP contribution is -2.37. The summed E-state index contributed by atoms with van der Waals surface area (Å²) in [5.74, 6) is 0.979. The lowest BCUT2D eigenvalue weighted by molar-refractivity contribution is 0.141. The highest BCUT2D eigenvalue weighted by Gasteiger charge is 2.29. The molecule has 0 bridgehead atoms. The lowest BCUT2D eigenvalue weighted by atomic mass is 9.82. The van der Waals surface area contributed by atoms with E-state index < -0.39 is 0 Å². The van der Waals surface area contributed by atoms with Gasteiger partial charge in [0.25, 0.3) is 0 Å². The van der Waals surface area contributed by atoms with Crippen LogP contribution in [0.5, 0.6) is 0 Å². The molecule has 1 aromatic rings. The molecular weight excluding hydrogens is 268 g/mol. The molecule has 1 fully saturated rings. The Bertz CT molecular complexity index is 399. The minimum Gasteiger partial charge on any atom is -0.453 e. The zero-order valence-corrected chi connectivity index (χ0v) is 11.0. The Labute approximate surface area is 104 Å². The molecule has 0 aromatic carbocycles. The van der Waals surface area contributed by atoms with E-state index in [-0.39, 0.29) is 5.41 Å². The summed E-state index contributed by atoms with van der Waals surface area (Å²) in [6, 6.07) is 6.31. The van der Waals surface area contributed by atoms with Crippen molar-refractivity contribution >= 4 is 15.9 Å². The van der Waals surface area contributed by atoms with Crippen LogP contribution in [0.2, 0.25) is 0 Å². The second-order valence-electron chi connectivity index (χ2n) is 4.65. The molecule has 2 rings (SSSR count). The van der Waals surface area contributed by atoms with Crippen molar-refractivity contribution in [3.05, 3.63) is 22.6 Å². The molecule has 0 aliphatic carbocycles. The molecule has 2 heterocycles. The average Bonchev–Trinajstić information content (AvgIpc) is 2.68. The predicted molar refractivity (Wildman–Crippen MR) is 64.6 cm³/mol. The van der Waals surface area contributed by atoms with Gasteiger partial charge in [0.05, 0.1) is 18.0 Å². The van der Waals surface area contributed by atoms with Crippen LogP contribution in [0.3, 0.4) is 0 Å². The fourth-order valence-corrected chi connectivity index (χ4v) is 2.31. The van der Waals surface area contributed by atoms with Crippen LogP contribution < -0.4 is 0 Å². The molecule has 0 atom stereocenters. The summed E-state index contributed by atoms with van der Waals surface area (Å²) in [7, 11) is 0. The van der Waals surface area contributed by atoms with Crippen molar-refractivity contribution < 1.29 is 4.42 Å². The van der Waals surface area contributed by atoms with Crippen molar-refractivity contribution in [2.75, 3.05) is 13.1 Å². The molecule has 0 N–H and O–H groups in total. The van der Waals surface area contributed by atoms with Crippen LogP contribution in [-0.4, -0.2) is 18.0 Å². The normalized spacial score (nSPS) is 20.6. The molecule has 1 aliphatic heterocycles. The van der Waals surface area contributed by atoms with Gasteiger partial charge in [-0.15, -0.1) is 0 Å². The molecule has 0 amide bonds. The van der Waals surface area contributed by atoms with E-state index in [4.69, 9.17) is 9.68 Å².